The molecule has 1 N–H and O–H groups in total. The van der Waals surface area contributed by atoms with Gasteiger partial charge in [0.15, 0.2) is 0 Å². The Morgan fingerprint density at radius 2 is 1.85 bits per heavy atom. The van der Waals surface area contributed by atoms with Crippen LogP contribution in [0.3, 0.4) is 0 Å². The first kappa shape index (κ1) is 17.9. The van der Waals surface area contributed by atoms with Crippen molar-refractivity contribution in [3.8, 4) is 5.69 Å². The average Bonchev–Trinajstić information content (AvgIpc) is 2.96. The molecule has 0 aliphatic heterocycles. The van der Waals surface area contributed by atoms with Gasteiger partial charge in [0.05, 0.1) is 11.3 Å². The first-order chi connectivity index (χ1) is 12.2. The zero-order chi connectivity index (χ0) is 18.9. The Bertz CT molecular complexity index is 951. The Hall–Kier alpha value is -2.87. The van der Waals surface area contributed by atoms with Gasteiger partial charge in [-0.1, -0.05) is 17.7 Å². The molecule has 5 nitrogen and oxygen atoms in total. The lowest BCUT2D eigenvalue weighted by Gasteiger charge is -2.07. The van der Waals surface area contributed by atoms with E-state index in [1.165, 1.54) is 16.8 Å². The molecule has 0 saturated carbocycles. The highest BCUT2D eigenvalue weighted by atomic mass is 35.5. The number of hydrogen-bond donors (Lipinski definition) is 1. The van der Waals surface area contributed by atoms with E-state index in [2.05, 4.69) is 15.4 Å². The number of aryl methyl sites for hydroxylation is 1. The third-order valence-corrected chi connectivity index (χ3v) is 3.73. The smallest absolute Gasteiger partial charge is 0.319 e. The van der Waals surface area contributed by atoms with Crippen LogP contribution >= 0.6 is 11.6 Å². The largest absolute Gasteiger partial charge is 0.416 e. The number of halogens is 4. The molecule has 9 heteroatoms. The Morgan fingerprint density at radius 3 is 2.46 bits per heavy atom. The molecule has 0 unspecified atom stereocenters. The number of alkyl halides is 3. The summed E-state index contributed by atoms with van der Waals surface area (Å²) in [5.41, 5.74) is 0.0468. The fourth-order valence-electron chi connectivity index (χ4n) is 2.27. The fraction of sp³-hybridized carbons (Fsp3) is 0.118. The molecule has 0 fully saturated rings. The summed E-state index contributed by atoms with van der Waals surface area (Å²) in [7, 11) is 0. The lowest BCUT2D eigenvalue weighted by Crippen LogP contribution is -2.14. The lowest BCUT2D eigenvalue weighted by molar-refractivity contribution is -0.137. The van der Waals surface area contributed by atoms with Crippen LogP contribution in [0.2, 0.25) is 5.02 Å². The summed E-state index contributed by atoms with van der Waals surface area (Å²) in [5.74, 6) is -0.277. The third-order valence-electron chi connectivity index (χ3n) is 3.49. The van der Waals surface area contributed by atoms with Gasteiger partial charge < -0.3 is 5.32 Å². The van der Waals surface area contributed by atoms with Gasteiger partial charge in [-0.05, 0) is 49.4 Å². The van der Waals surface area contributed by atoms with E-state index < -0.39 is 17.6 Å². The van der Waals surface area contributed by atoms with Crippen molar-refractivity contribution in [3.05, 3.63) is 70.8 Å². The number of anilines is 1. The zero-order valence-corrected chi connectivity index (χ0v) is 14.1. The van der Waals surface area contributed by atoms with Gasteiger partial charge in [-0.2, -0.15) is 13.2 Å². The van der Waals surface area contributed by atoms with Crippen molar-refractivity contribution in [1.82, 2.24) is 14.8 Å². The van der Waals surface area contributed by atoms with E-state index in [1.54, 1.807) is 31.2 Å². The number of nitrogens with one attached hydrogen (secondary N) is 1. The normalized spacial score (nSPS) is 11.4. The van der Waals surface area contributed by atoms with Crippen LogP contribution in [0.15, 0.2) is 48.5 Å². The second-order valence-electron chi connectivity index (χ2n) is 5.40. The monoisotopic (exact) mass is 380 g/mol. The molecule has 1 amide bonds. The molecule has 3 aromatic rings. The molecular weight excluding hydrogens is 369 g/mol. The van der Waals surface area contributed by atoms with Crippen LogP contribution in [0.4, 0.5) is 18.9 Å². The highest BCUT2D eigenvalue weighted by Gasteiger charge is 2.30. The number of benzene rings is 2. The summed E-state index contributed by atoms with van der Waals surface area (Å²) >= 11 is 5.95. The number of carbonyl (C=O) groups excluding carboxylic acids is 1. The van der Waals surface area contributed by atoms with Crippen molar-refractivity contribution < 1.29 is 18.0 Å². The summed E-state index contributed by atoms with van der Waals surface area (Å²) in [6, 6.07) is 11.0. The summed E-state index contributed by atoms with van der Waals surface area (Å²) in [5, 5.41) is 7.11. The molecule has 1 heterocycles. The molecule has 1 aromatic heterocycles. The van der Waals surface area contributed by atoms with Crippen molar-refractivity contribution >= 4 is 23.2 Å². The average molecular weight is 381 g/mol. The first-order valence-corrected chi connectivity index (χ1v) is 7.80. The predicted molar refractivity (Wildman–Crippen MR) is 90.5 cm³/mol. The van der Waals surface area contributed by atoms with E-state index >= 15 is 0 Å². The van der Waals surface area contributed by atoms with Crippen molar-refractivity contribution in [2.24, 2.45) is 0 Å². The van der Waals surface area contributed by atoms with Gasteiger partial charge in [-0.25, -0.2) is 9.67 Å². The summed E-state index contributed by atoms with van der Waals surface area (Å²) in [6.45, 7) is 1.67. The standard InChI is InChI=1S/C17H12ClF3N4O/c1-10-22-15(24-25(10)14-4-2-3-12(18)9-14)16(26)23-13-7-5-11(6-8-13)17(19,20)21/h2-9H,1H3,(H,23,26). The van der Waals surface area contributed by atoms with Crippen LogP contribution in [0.5, 0.6) is 0 Å². The number of aromatic nitrogens is 3. The molecule has 0 aliphatic carbocycles. The van der Waals surface area contributed by atoms with E-state index in [0.717, 1.165) is 12.1 Å². The molecule has 0 aliphatic rings. The summed E-state index contributed by atoms with van der Waals surface area (Å²) < 4.78 is 39.1. The van der Waals surface area contributed by atoms with Crippen molar-refractivity contribution in [3.63, 3.8) is 0 Å². The van der Waals surface area contributed by atoms with E-state index in [0.29, 0.717) is 16.5 Å². The van der Waals surface area contributed by atoms with Gasteiger partial charge in [0.1, 0.15) is 5.82 Å². The number of hydrogen-bond acceptors (Lipinski definition) is 3. The SMILES string of the molecule is Cc1nc(C(=O)Nc2ccc(C(F)(F)F)cc2)nn1-c1cccc(Cl)c1. The Kier molecular flexibility index (Phi) is 4.69. The Labute approximate surface area is 151 Å². The van der Waals surface area contributed by atoms with Gasteiger partial charge in [-0.15, -0.1) is 5.10 Å². The zero-order valence-electron chi connectivity index (χ0n) is 13.4. The molecule has 0 spiro atoms. The van der Waals surface area contributed by atoms with Gasteiger partial charge >= 0.3 is 6.18 Å². The van der Waals surface area contributed by atoms with Crippen molar-refractivity contribution in [2.45, 2.75) is 13.1 Å². The van der Waals surface area contributed by atoms with Crippen LogP contribution in [0.25, 0.3) is 5.69 Å². The minimum absolute atomic E-state index is 0.109. The van der Waals surface area contributed by atoms with Crippen LogP contribution in [0.1, 0.15) is 22.0 Å². The van der Waals surface area contributed by atoms with Crippen molar-refractivity contribution in [1.29, 1.82) is 0 Å². The maximum absolute atomic E-state index is 12.6. The van der Waals surface area contributed by atoms with Gasteiger partial charge in [0.25, 0.3) is 5.91 Å². The summed E-state index contributed by atoms with van der Waals surface area (Å²) in [4.78, 5) is 16.3. The van der Waals surface area contributed by atoms with Gasteiger partial charge in [0, 0.05) is 10.7 Å². The topological polar surface area (TPSA) is 59.8 Å². The number of rotatable bonds is 3. The van der Waals surface area contributed by atoms with Crippen LogP contribution in [-0.4, -0.2) is 20.7 Å². The fourth-order valence-corrected chi connectivity index (χ4v) is 2.45. The first-order valence-electron chi connectivity index (χ1n) is 7.42. The van der Waals surface area contributed by atoms with Crippen LogP contribution < -0.4 is 5.32 Å². The second-order valence-corrected chi connectivity index (χ2v) is 5.84. The Morgan fingerprint density at radius 1 is 1.15 bits per heavy atom. The maximum atomic E-state index is 12.6. The van der Waals surface area contributed by atoms with E-state index in [-0.39, 0.29) is 11.5 Å². The van der Waals surface area contributed by atoms with Gasteiger partial charge in [-0.3, -0.25) is 4.79 Å². The second kappa shape index (κ2) is 6.80. The highest BCUT2D eigenvalue weighted by Crippen LogP contribution is 2.29. The maximum Gasteiger partial charge on any atom is 0.416 e. The molecule has 3 rings (SSSR count). The quantitative estimate of drug-likeness (QED) is 0.727. The molecule has 0 atom stereocenters. The van der Waals surface area contributed by atoms with E-state index in [1.807, 2.05) is 0 Å². The number of nitrogens with zero attached hydrogens (tertiary/aromatic N) is 3. The number of carbonyl (C=O) groups is 1. The third kappa shape index (κ3) is 3.85. The molecule has 26 heavy (non-hydrogen) atoms. The molecule has 134 valence electrons. The van der Waals surface area contributed by atoms with E-state index in [4.69, 9.17) is 11.6 Å². The minimum Gasteiger partial charge on any atom is -0.319 e. The number of amides is 1. The van der Waals surface area contributed by atoms with Crippen molar-refractivity contribution in [2.75, 3.05) is 5.32 Å². The van der Waals surface area contributed by atoms with Crippen LogP contribution in [0, 0.1) is 6.92 Å². The molecular formula is C17H12ClF3N4O. The minimum atomic E-state index is -4.43. The molecule has 0 bridgehead atoms. The molecule has 2 aromatic carbocycles. The van der Waals surface area contributed by atoms with E-state index in [9.17, 15) is 18.0 Å². The van der Waals surface area contributed by atoms with Gasteiger partial charge in [0.2, 0.25) is 5.82 Å². The molecule has 0 radical (unpaired) electrons. The highest BCUT2D eigenvalue weighted by molar-refractivity contribution is 6.30. The lowest BCUT2D eigenvalue weighted by atomic mass is 10.2. The summed E-state index contributed by atoms with van der Waals surface area (Å²) in [6.07, 6.45) is -4.43. The molecule has 0 saturated heterocycles. The van der Waals surface area contributed by atoms with Crippen LogP contribution in [-0.2, 0) is 6.18 Å². The predicted octanol–water partition coefficient (Wildman–Crippen LogP) is 4.50. The Balaban J connectivity index is 1.80.